The van der Waals surface area contributed by atoms with E-state index < -0.39 is 0 Å². The Hall–Kier alpha value is -2.01. The molecule has 1 aliphatic carbocycles. The van der Waals surface area contributed by atoms with Gasteiger partial charge in [-0.05, 0) is 49.9 Å². The van der Waals surface area contributed by atoms with Crippen LogP contribution in [0.4, 0.5) is 10.5 Å². The molecule has 116 valence electrons. The second-order valence-electron chi connectivity index (χ2n) is 6.42. The summed E-state index contributed by atoms with van der Waals surface area (Å²) < 4.78 is 0. The molecule has 1 aromatic heterocycles. The minimum Gasteiger partial charge on any atom is -0.361 e. The molecule has 2 aromatic rings. The van der Waals surface area contributed by atoms with Crippen molar-refractivity contribution in [3.05, 3.63) is 30.5 Å². The summed E-state index contributed by atoms with van der Waals surface area (Å²) in [4.78, 5) is 17.9. The summed E-state index contributed by atoms with van der Waals surface area (Å²) in [5.74, 6) is 0. The summed E-state index contributed by atoms with van der Waals surface area (Å²) in [6, 6.07) is 8.94. The number of hydrogen-bond acceptors (Lipinski definition) is 2. The second kappa shape index (κ2) is 5.65. The number of amides is 2. The Bertz CT molecular complexity index is 668. The normalized spacial score (nSPS) is 20.2. The van der Waals surface area contributed by atoms with Crippen molar-refractivity contribution in [3.63, 3.8) is 0 Å². The molecule has 0 spiro atoms. The molecular formula is C17H22N4O. The van der Waals surface area contributed by atoms with Crippen molar-refractivity contribution in [1.29, 1.82) is 0 Å². The van der Waals surface area contributed by atoms with Crippen LogP contribution in [0.25, 0.3) is 10.9 Å². The van der Waals surface area contributed by atoms with E-state index in [9.17, 15) is 4.79 Å². The zero-order valence-corrected chi connectivity index (χ0v) is 12.6. The Labute approximate surface area is 130 Å². The highest BCUT2D eigenvalue weighted by molar-refractivity contribution is 5.92. The van der Waals surface area contributed by atoms with Gasteiger partial charge >= 0.3 is 6.03 Å². The van der Waals surface area contributed by atoms with Crippen LogP contribution < -0.4 is 10.6 Å². The molecule has 22 heavy (non-hydrogen) atoms. The summed E-state index contributed by atoms with van der Waals surface area (Å²) in [5, 5.41) is 7.15. The van der Waals surface area contributed by atoms with Gasteiger partial charge in [0.25, 0.3) is 0 Å². The maximum absolute atomic E-state index is 12.1. The number of nitrogens with zero attached hydrogens (tertiary/aromatic N) is 1. The van der Waals surface area contributed by atoms with Crippen LogP contribution in [0.2, 0.25) is 0 Å². The molecule has 2 amide bonds. The van der Waals surface area contributed by atoms with Crippen LogP contribution in [0.1, 0.15) is 25.7 Å². The van der Waals surface area contributed by atoms with E-state index in [1.54, 1.807) is 0 Å². The number of benzene rings is 1. The molecule has 2 heterocycles. The van der Waals surface area contributed by atoms with E-state index in [0.29, 0.717) is 6.04 Å². The summed E-state index contributed by atoms with van der Waals surface area (Å²) in [7, 11) is 0. The van der Waals surface area contributed by atoms with Gasteiger partial charge in [-0.25, -0.2) is 4.79 Å². The van der Waals surface area contributed by atoms with Crippen LogP contribution in [-0.2, 0) is 0 Å². The van der Waals surface area contributed by atoms with E-state index >= 15 is 0 Å². The molecule has 1 saturated heterocycles. The number of aromatic nitrogens is 1. The highest BCUT2D eigenvalue weighted by Crippen LogP contribution is 2.29. The second-order valence-corrected chi connectivity index (χ2v) is 6.42. The van der Waals surface area contributed by atoms with Gasteiger partial charge in [-0.15, -0.1) is 0 Å². The quantitative estimate of drug-likeness (QED) is 0.816. The lowest BCUT2D eigenvalue weighted by molar-refractivity contribution is 0.189. The predicted molar refractivity (Wildman–Crippen MR) is 88.1 cm³/mol. The van der Waals surface area contributed by atoms with Gasteiger partial charge in [0, 0.05) is 48.0 Å². The summed E-state index contributed by atoms with van der Waals surface area (Å²) >= 11 is 0. The fourth-order valence-electron chi connectivity index (χ4n) is 3.33. The number of H-pyrrole nitrogens is 1. The third-order valence-electron chi connectivity index (χ3n) is 4.74. The van der Waals surface area contributed by atoms with Gasteiger partial charge in [-0.1, -0.05) is 0 Å². The number of likely N-dealkylation sites (tertiary alicyclic amines) is 1. The van der Waals surface area contributed by atoms with Gasteiger partial charge in [0.15, 0.2) is 0 Å². The SMILES string of the molecule is O=C(Nc1ccc2[nH]ccc2c1)NC1CCN(C2CC2)CC1. The molecule has 0 atom stereocenters. The Morgan fingerprint density at radius 2 is 1.95 bits per heavy atom. The fourth-order valence-corrected chi connectivity index (χ4v) is 3.33. The lowest BCUT2D eigenvalue weighted by Crippen LogP contribution is -2.46. The van der Waals surface area contributed by atoms with Gasteiger partial charge < -0.3 is 20.5 Å². The standard InChI is InChI=1S/C17H22N4O/c22-17(19-13-6-9-21(10-7-13)15-2-3-15)20-14-1-4-16-12(11-14)5-8-18-16/h1,4-5,8,11,13,15,18H,2-3,6-7,9-10H2,(H2,19,20,22). The average Bonchev–Trinajstić information content (AvgIpc) is 3.26. The lowest BCUT2D eigenvalue weighted by atomic mass is 10.1. The van der Waals surface area contributed by atoms with Crippen molar-refractivity contribution in [1.82, 2.24) is 15.2 Å². The smallest absolute Gasteiger partial charge is 0.319 e. The summed E-state index contributed by atoms with van der Waals surface area (Å²) in [5.41, 5.74) is 1.92. The van der Waals surface area contributed by atoms with E-state index in [1.807, 2.05) is 30.5 Å². The van der Waals surface area contributed by atoms with Gasteiger partial charge in [0.1, 0.15) is 0 Å². The topological polar surface area (TPSA) is 60.2 Å². The van der Waals surface area contributed by atoms with E-state index in [1.165, 1.54) is 12.8 Å². The number of carbonyl (C=O) groups is 1. The Kier molecular flexibility index (Phi) is 3.50. The van der Waals surface area contributed by atoms with Crippen LogP contribution in [0.5, 0.6) is 0 Å². The third-order valence-corrected chi connectivity index (χ3v) is 4.74. The maximum Gasteiger partial charge on any atom is 0.319 e. The highest BCUT2D eigenvalue weighted by Gasteiger charge is 2.32. The van der Waals surface area contributed by atoms with E-state index in [-0.39, 0.29) is 6.03 Å². The molecule has 4 rings (SSSR count). The number of fused-ring (bicyclic) bond motifs is 1. The molecule has 3 N–H and O–H groups in total. The van der Waals surface area contributed by atoms with Crippen molar-refractivity contribution >= 4 is 22.6 Å². The third kappa shape index (κ3) is 2.95. The first-order valence-corrected chi connectivity index (χ1v) is 8.17. The number of piperidine rings is 1. The Morgan fingerprint density at radius 1 is 1.14 bits per heavy atom. The van der Waals surface area contributed by atoms with Gasteiger partial charge in [-0.3, -0.25) is 0 Å². The fraction of sp³-hybridized carbons (Fsp3) is 0.471. The Balaban J connectivity index is 1.30. The molecule has 1 saturated carbocycles. The minimum absolute atomic E-state index is 0.0974. The van der Waals surface area contributed by atoms with Crippen molar-refractivity contribution in [2.24, 2.45) is 0 Å². The van der Waals surface area contributed by atoms with Crippen molar-refractivity contribution in [2.75, 3.05) is 18.4 Å². The molecule has 0 bridgehead atoms. The number of nitrogens with one attached hydrogen (secondary N) is 3. The van der Waals surface area contributed by atoms with Crippen LogP contribution in [0, 0.1) is 0 Å². The predicted octanol–water partition coefficient (Wildman–Crippen LogP) is 2.92. The molecule has 1 aliphatic heterocycles. The molecule has 1 aromatic carbocycles. The monoisotopic (exact) mass is 298 g/mol. The van der Waals surface area contributed by atoms with Crippen molar-refractivity contribution < 1.29 is 4.79 Å². The molecule has 2 fully saturated rings. The van der Waals surface area contributed by atoms with E-state index in [2.05, 4.69) is 20.5 Å². The van der Waals surface area contributed by atoms with Gasteiger partial charge in [0.05, 0.1) is 0 Å². The first-order valence-electron chi connectivity index (χ1n) is 8.17. The zero-order chi connectivity index (χ0) is 14.9. The van der Waals surface area contributed by atoms with Gasteiger partial charge in [0.2, 0.25) is 0 Å². The number of aromatic amines is 1. The number of urea groups is 1. The van der Waals surface area contributed by atoms with E-state index in [4.69, 9.17) is 0 Å². The highest BCUT2D eigenvalue weighted by atomic mass is 16.2. The lowest BCUT2D eigenvalue weighted by Gasteiger charge is -2.32. The Morgan fingerprint density at radius 3 is 2.73 bits per heavy atom. The largest absolute Gasteiger partial charge is 0.361 e. The molecule has 0 radical (unpaired) electrons. The maximum atomic E-state index is 12.1. The molecule has 2 aliphatic rings. The summed E-state index contributed by atoms with van der Waals surface area (Å²) in [6.07, 6.45) is 6.74. The van der Waals surface area contributed by atoms with E-state index in [0.717, 1.165) is 48.6 Å². The van der Waals surface area contributed by atoms with Gasteiger partial charge in [-0.2, -0.15) is 0 Å². The summed E-state index contributed by atoms with van der Waals surface area (Å²) in [6.45, 7) is 2.23. The average molecular weight is 298 g/mol. The van der Waals surface area contributed by atoms with Crippen LogP contribution in [0.15, 0.2) is 30.5 Å². The van der Waals surface area contributed by atoms with Crippen molar-refractivity contribution in [2.45, 2.75) is 37.8 Å². The van der Waals surface area contributed by atoms with Crippen LogP contribution >= 0.6 is 0 Å². The number of anilines is 1. The number of carbonyl (C=O) groups excluding carboxylic acids is 1. The van der Waals surface area contributed by atoms with Crippen LogP contribution in [-0.4, -0.2) is 41.1 Å². The molecular weight excluding hydrogens is 276 g/mol. The molecule has 5 nitrogen and oxygen atoms in total. The number of hydrogen-bond donors (Lipinski definition) is 3. The first-order chi connectivity index (χ1) is 10.8. The van der Waals surface area contributed by atoms with Crippen molar-refractivity contribution in [3.8, 4) is 0 Å². The zero-order valence-electron chi connectivity index (χ0n) is 12.6. The minimum atomic E-state index is -0.0974. The van der Waals surface area contributed by atoms with Crippen LogP contribution in [0.3, 0.4) is 0 Å². The number of rotatable bonds is 3. The first kappa shape index (κ1) is 13.6. The molecule has 5 heteroatoms. The molecule has 0 unspecified atom stereocenters.